The molecule has 1 aromatic rings. The van der Waals surface area contributed by atoms with Gasteiger partial charge in [0.25, 0.3) is 5.17 Å². The van der Waals surface area contributed by atoms with Gasteiger partial charge in [0, 0.05) is 18.5 Å². The zero-order valence-corrected chi connectivity index (χ0v) is 14.8. The summed E-state index contributed by atoms with van der Waals surface area (Å²) in [4.78, 5) is 14.2. The van der Waals surface area contributed by atoms with Crippen LogP contribution < -0.4 is 4.90 Å². The quantitative estimate of drug-likeness (QED) is 0.450. The zero-order valence-electron chi connectivity index (χ0n) is 14.0. The van der Waals surface area contributed by atoms with E-state index in [4.69, 9.17) is 17.0 Å². The van der Waals surface area contributed by atoms with Crippen LogP contribution in [0.3, 0.4) is 0 Å². The molecule has 1 saturated heterocycles. The Kier molecular flexibility index (Phi) is 7.53. The lowest BCUT2D eigenvalue weighted by Crippen LogP contribution is -2.34. The predicted molar refractivity (Wildman–Crippen MR) is 98.9 cm³/mol. The van der Waals surface area contributed by atoms with Gasteiger partial charge in [-0.2, -0.15) is 0 Å². The molecular weight excluding hydrogens is 306 g/mol. The van der Waals surface area contributed by atoms with Gasteiger partial charge in [-0.05, 0) is 30.8 Å². The summed E-state index contributed by atoms with van der Waals surface area (Å²) in [6.45, 7) is 2.73. The third kappa shape index (κ3) is 5.61. The van der Waals surface area contributed by atoms with E-state index in [0.29, 0.717) is 30.4 Å². The van der Waals surface area contributed by atoms with Crippen LogP contribution in [0.1, 0.15) is 58.3 Å². The number of benzene rings is 1. The van der Waals surface area contributed by atoms with Gasteiger partial charge < -0.3 is 4.74 Å². The van der Waals surface area contributed by atoms with Crippen molar-refractivity contribution in [1.82, 2.24) is 0 Å². The van der Waals surface area contributed by atoms with E-state index in [0.717, 1.165) is 18.5 Å². The highest BCUT2D eigenvalue weighted by atomic mass is 32.1. The molecule has 1 heterocycles. The fourth-order valence-electron chi connectivity index (χ4n) is 2.98. The number of ether oxygens (including phenoxy) is 1. The lowest BCUT2D eigenvalue weighted by molar-refractivity contribution is -0.119. The number of anilines is 1. The average molecular weight is 333 g/mol. The molecule has 4 heteroatoms. The molecule has 1 aromatic carbocycles. The lowest BCUT2D eigenvalue weighted by atomic mass is 10.0. The maximum atomic E-state index is 12.2. The van der Waals surface area contributed by atoms with E-state index < -0.39 is 0 Å². The number of unbranched alkanes of at least 4 members (excludes halogenated alkanes) is 5. The number of ketones is 1. The van der Waals surface area contributed by atoms with Crippen LogP contribution in [-0.4, -0.2) is 23.6 Å². The largest absolute Gasteiger partial charge is 0.468 e. The average Bonchev–Trinajstić information content (AvgIpc) is 2.92. The van der Waals surface area contributed by atoms with Crippen LogP contribution in [0.2, 0.25) is 0 Å². The molecule has 1 aliphatic heterocycles. The van der Waals surface area contributed by atoms with Crippen LogP contribution >= 0.6 is 12.2 Å². The number of thiocarbonyl (C=S) groups is 1. The Morgan fingerprint density at radius 1 is 1.17 bits per heavy atom. The summed E-state index contributed by atoms with van der Waals surface area (Å²) in [5, 5.41) is 0.480. The molecule has 1 atom stereocenters. The monoisotopic (exact) mass is 333 g/mol. The Balaban J connectivity index is 1.77. The summed E-state index contributed by atoms with van der Waals surface area (Å²) in [6.07, 6.45) is 8.46. The van der Waals surface area contributed by atoms with Crippen LogP contribution in [0.15, 0.2) is 30.3 Å². The van der Waals surface area contributed by atoms with E-state index in [1.807, 2.05) is 35.2 Å². The normalized spacial score (nSPS) is 17.3. The number of Topliss-reactive ketones (excluding diaryl/α,β-unsaturated/α-hetero) is 1. The van der Waals surface area contributed by atoms with Crippen molar-refractivity contribution >= 4 is 28.9 Å². The molecule has 3 nitrogen and oxygen atoms in total. The second-order valence-corrected chi connectivity index (χ2v) is 6.55. The smallest absolute Gasteiger partial charge is 0.264 e. The molecule has 0 aliphatic carbocycles. The van der Waals surface area contributed by atoms with Crippen molar-refractivity contribution in [3.63, 3.8) is 0 Å². The summed E-state index contributed by atoms with van der Waals surface area (Å²) in [5.74, 6) is 0.319. The Labute approximate surface area is 145 Å². The van der Waals surface area contributed by atoms with E-state index in [1.165, 1.54) is 25.7 Å². The number of nitrogens with zero attached hydrogens (tertiary/aromatic N) is 1. The van der Waals surface area contributed by atoms with Crippen LogP contribution in [0.5, 0.6) is 0 Å². The van der Waals surface area contributed by atoms with Crippen molar-refractivity contribution in [1.29, 1.82) is 0 Å². The molecule has 0 saturated carbocycles. The Morgan fingerprint density at radius 2 is 1.87 bits per heavy atom. The second-order valence-electron chi connectivity index (χ2n) is 6.20. The first-order valence-electron chi connectivity index (χ1n) is 8.75. The Bertz CT molecular complexity index is 503. The van der Waals surface area contributed by atoms with Crippen molar-refractivity contribution < 1.29 is 9.53 Å². The van der Waals surface area contributed by atoms with Gasteiger partial charge >= 0.3 is 0 Å². The maximum absolute atomic E-state index is 12.2. The first kappa shape index (κ1) is 17.9. The summed E-state index contributed by atoms with van der Waals surface area (Å²) < 4.78 is 5.51. The van der Waals surface area contributed by atoms with Crippen molar-refractivity contribution in [3.05, 3.63) is 30.3 Å². The fourth-order valence-corrected chi connectivity index (χ4v) is 3.31. The molecule has 0 aromatic heterocycles. The fraction of sp³-hybridized carbons (Fsp3) is 0.579. The minimum Gasteiger partial charge on any atom is -0.468 e. The lowest BCUT2D eigenvalue weighted by Gasteiger charge is -2.22. The number of hydrogen-bond donors (Lipinski definition) is 0. The van der Waals surface area contributed by atoms with Gasteiger partial charge in [0.2, 0.25) is 0 Å². The van der Waals surface area contributed by atoms with Gasteiger partial charge in [-0.1, -0.05) is 57.2 Å². The molecule has 23 heavy (non-hydrogen) atoms. The minimum absolute atomic E-state index is 0.0393. The van der Waals surface area contributed by atoms with Crippen molar-refractivity contribution in [3.8, 4) is 0 Å². The molecule has 1 fully saturated rings. The number of carbonyl (C=O) groups is 1. The van der Waals surface area contributed by atoms with Gasteiger partial charge in [0.15, 0.2) is 0 Å². The van der Waals surface area contributed by atoms with Crippen LogP contribution in [0, 0.1) is 0 Å². The highest BCUT2D eigenvalue weighted by molar-refractivity contribution is 7.80. The van der Waals surface area contributed by atoms with Gasteiger partial charge in [-0.25, -0.2) is 0 Å². The summed E-state index contributed by atoms with van der Waals surface area (Å²) in [5.41, 5.74) is 1.01. The zero-order chi connectivity index (χ0) is 16.5. The molecule has 0 spiro atoms. The van der Waals surface area contributed by atoms with Gasteiger partial charge in [0.1, 0.15) is 12.4 Å². The van der Waals surface area contributed by atoms with Crippen LogP contribution in [0.4, 0.5) is 5.69 Å². The third-order valence-electron chi connectivity index (χ3n) is 4.27. The standard InChI is InChI=1S/C19H27NO2S/c1-2-3-4-5-6-10-13-18(21)14-17-15-22-19(23)20(17)16-11-8-7-9-12-16/h7-9,11-12,17H,2-6,10,13-15H2,1H3. The maximum Gasteiger partial charge on any atom is 0.264 e. The SMILES string of the molecule is CCCCCCCCC(=O)CC1COC(=S)N1c1ccccc1. The molecule has 0 N–H and O–H groups in total. The Hall–Kier alpha value is -1.42. The molecule has 0 bridgehead atoms. The van der Waals surface area contributed by atoms with Crippen LogP contribution in [0.25, 0.3) is 0 Å². The second kappa shape index (κ2) is 9.66. The van der Waals surface area contributed by atoms with Crippen LogP contribution in [-0.2, 0) is 9.53 Å². The Morgan fingerprint density at radius 3 is 2.61 bits per heavy atom. The molecule has 1 aliphatic rings. The third-order valence-corrected chi connectivity index (χ3v) is 4.58. The first-order chi connectivity index (χ1) is 11.2. The van der Waals surface area contributed by atoms with Gasteiger partial charge in [0.05, 0.1) is 6.04 Å². The van der Waals surface area contributed by atoms with Gasteiger partial charge in [-0.3, -0.25) is 9.69 Å². The van der Waals surface area contributed by atoms with E-state index >= 15 is 0 Å². The number of para-hydroxylation sites is 1. The number of hydrogen-bond acceptors (Lipinski definition) is 3. The summed E-state index contributed by atoms with van der Waals surface area (Å²) >= 11 is 5.29. The molecular formula is C19H27NO2S. The molecule has 0 radical (unpaired) electrons. The molecule has 2 rings (SSSR count). The van der Waals surface area contributed by atoms with Crippen molar-refractivity contribution in [2.75, 3.05) is 11.5 Å². The highest BCUT2D eigenvalue weighted by Crippen LogP contribution is 2.25. The van der Waals surface area contributed by atoms with E-state index in [2.05, 4.69) is 6.92 Å². The number of carbonyl (C=O) groups excluding carboxylic acids is 1. The highest BCUT2D eigenvalue weighted by Gasteiger charge is 2.32. The van der Waals surface area contributed by atoms with E-state index in [-0.39, 0.29) is 6.04 Å². The van der Waals surface area contributed by atoms with E-state index in [9.17, 15) is 4.79 Å². The molecule has 1 unspecified atom stereocenters. The van der Waals surface area contributed by atoms with E-state index in [1.54, 1.807) is 0 Å². The first-order valence-corrected chi connectivity index (χ1v) is 9.16. The molecule has 126 valence electrons. The minimum atomic E-state index is 0.0393. The van der Waals surface area contributed by atoms with Crippen molar-refractivity contribution in [2.24, 2.45) is 0 Å². The summed E-state index contributed by atoms with van der Waals surface area (Å²) in [7, 11) is 0. The van der Waals surface area contributed by atoms with Crippen molar-refractivity contribution in [2.45, 2.75) is 64.3 Å². The topological polar surface area (TPSA) is 29.5 Å². The predicted octanol–water partition coefficient (Wildman–Crippen LogP) is 4.89. The summed E-state index contributed by atoms with van der Waals surface area (Å²) in [6, 6.07) is 9.98. The number of rotatable bonds is 10. The molecule has 0 amide bonds. The van der Waals surface area contributed by atoms with Gasteiger partial charge in [-0.15, -0.1) is 0 Å².